The SMILES string of the molecule is C[C@@H]1CN(C(=O)OCc2ccccc2)C(C(=O)O)[C@@H](C)O1. The standard InChI is InChI=1S/C15H19NO5/c1-10-8-16(13(14(17)18)11(2)21-10)15(19)20-9-12-6-4-3-5-7-12/h3-7,10-11,13H,8-9H2,1-2H3,(H,17,18)/t10-,11-,13?/m1/s1. The van der Waals surface area contributed by atoms with Gasteiger partial charge in [0.15, 0.2) is 6.04 Å². The first-order valence-corrected chi connectivity index (χ1v) is 6.84. The predicted octanol–water partition coefficient (Wildman–Crippen LogP) is 1.89. The van der Waals surface area contributed by atoms with Crippen molar-refractivity contribution in [1.82, 2.24) is 4.90 Å². The van der Waals surface area contributed by atoms with Gasteiger partial charge in [-0.1, -0.05) is 30.3 Å². The third-order valence-electron chi connectivity index (χ3n) is 3.37. The lowest BCUT2D eigenvalue weighted by Crippen LogP contribution is -2.58. The van der Waals surface area contributed by atoms with Crippen LogP contribution in [0.25, 0.3) is 0 Å². The van der Waals surface area contributed by atoms with Gasteiger partial charge in [0.25, 0.3) is 0 Å². The van der Waals surface area contributed by atoms with Crippen molar-refractivity contribution in [3.05, 3.63) is 35.9 Å². The van der Waals surface area contributed by atoms with E-state index in [4.69, 9.17) is 9.47 Å². The second-order valence-corrected chi connectivity index (χ2v) is 5.13. The summed E-state index contributed by atoms with van der Waals surface area (Å²) in [6.45, 7) is 3.76. The molecule has 0 aromatic heterocycles. The van der Waals surface area contributed by atoms with Gasteiger partial charge in [-0.25, -0.2) is 9.59 Å². The number of hydrogen-bond donors (Lipinski definition) is 1. The molecule has 1 unspecified atom stereocenters. The zero-order valence-electron chi connectivity index (χ0n) is 12.1. The Balaban J connectivity index is 2.03. The summed E-state index contributed by atoms with van der Waals surface area (Å²) in [5.41, 5.74) is 0.854. The minimum Gasteiger partial charge on any atom is -0.480 e. The Bertz CT molecular complexity index is 504. The molecule has 0 spiro atoms. The van der Waals surface area contributed by atoms with Crippen LogP contribution in [0.5, 0.6) is 0 Å². The fourth-order valence-electron chi connectivity index (χ4n) is 2.45. The molecule has 6 heteroatoms. The van der Waals surface area contributed by atoms with E-state index >= 15 is 0 Å². The van der Waals surface area contributed by atoms with Crippen LogP contribution in [0.1, 0.15) is 19.4 Å². The van der Waals surface area contributed by atoms with Crippen LogP contribution in [0, 0.1) is 0 Å². The Labute approximate surface area is 123 Å². The summed E-state index contributed by atoms with van der Waals surface area (Å²) in [6, 6.07) is 8.23. The van der Waals surface area contributed by atoms with Crippen LogP contribution in [0.2, 0.25) is 0 Å². The molecular formula is C15H19NO5. The molecule has 1 saturated heterocycles. The van der Waals surface area contributed by atoms with E-state index in [1.807, 2.05) is 30.3 Å². The Kier molecular flexibility index (Phi) is 4.80. The molecule has 1 N–H and O–H groups in total. The first-order chi connectivity index (χ1) is 9.99. The lowest BCUT2D eigenvalue weighted by Gasteiger charge is -2.39. The number of hydrogen-bond acceptors (Lipinski definition) is 4. The van der Waals surface area contributed by atoms with Crippen molar-refractivity contribution in [1.29, 1.82) is 0 Å². The number of rotatable bonds is 3. The third kappa shape index (κ3) is 3.72. The van der Waals surface area contributed by atoms with E-state index in [9.17, 15) is 14.7 Å². The number of carboxylic acids is 1. The fourth-order valence-corrected chi connectivity index (χ4v) is 2.45. The van der Waals surface area contributed by atoms with Crippen LogP contribution in [-0.4, -0.2) is 46.9 Å². The van der Waals surface area contributed by atoms with Gasteiger partial charge >= 0.3 is 12.1 Å². The van der Waals surface area contributed by atoms with E-state index in [1.54, 1.807) is 13.8 Å². The van der Waals surface area contributed by atoms with Gasteiger partial charge < -0.3 is 14.6 Å². The van der Waals surface area contributed by atoms with Gasteiger partial charge in [0.1, 0.15) is 6.61 Å². The van der Waals surface area contributed by atoms with Gasteiger partial charge in [-0.15, -0.1) is 0 Å². The normalized spacial score (nSPS) is 25.4. The Hall–Kier alpha value is -2.08. The smallest absolute Gasteiger partial charge is 0.411 e. The van der Waals surface area contributed by atoms with E-state index < -0.39 is 24.2 Å². The highest BCUT2D eigenvalue weighted by Gasteiger charge is 2.41. The lowest BCUT2D eigenvalue weighted by atomic mass is 10.1. The second kappa shape index (κ2) is 6.58. The van der Waals surface area contributed by atoms with Crippen molar-refractivity contribution in [3.63, 3.8) is 0 Å². The molecule has 21 heavy (non-hydrogen) atoms. The Morgan fingerprint density at radius 3 is 2.62 bits per heavy atom. The average Bonchev–Trinajstić information content (AvgIpc) is 2.44. The molecule has 1 heterocycles. The molecule has 2 rings (SSSR count). The quantitative estimate of drug-likeness (QED) is 0.921. The number of morpholine rings is 1. The highest BCUT2D eigenvalue weighted by molar-refractivity contribution is 5.81. The van der Waals surface area contributed by atoms with Crippen LogP contribution in [0.3, 0.4) is 0 Å². The maximum Gasteiger partial charge on any atom is 0.411 e. The molecule has 1 aliphatic rings. The largest absolute Gasteiger partial charge is 0.480 e. The maximum atomic E-state index is 12.2. The van der Waals surface area contributed by atoms with Crippen LogP contribution < -0.4 is 0 Å². The first kappa shape index (κ1) is 15.3. The molecule has 0 aliphatic carbocycles. The highest BCUT2D eigenvalue weighted by Crippen LogP contribution is 2.20. The van der Waals surface area contributed by atoms with Crippen LogP contribution >= 0.6 is 0 Å². The summed E-state index contributed by atoms with van der Waals surface area (Å²) < 4.78 is 10.7. The van der Waals surface area contributed by atoms with E-state index in [1.165, 1.54) is 4.90 Å². The van der Waals surface area contributed by atoms with Gasteiger partial charge in [-0.3, -0.25) is 4.90 Å². The molecule has 1 aliphatic heterocycles. The van der Waals surface area contributed by atoms with E-state index in [0.29, 0.717) is 0 Å². The van der Waals surface area contributed by atoms with Crippen LogP contribution in [0.4, 0.5) is 4.79 Å². The van der Waals surface area contributed by atoms with Crippen molar-refractivity contribution in [2.45, 2.75) is 38.7 Å². The highest BCUT2D eigenvalue weighted by atomic mass is 16.6. The molecule has 3 atom stereocenters. The van der Waals surface area contributed by atoms with Crippen molar-refractivity contribution in [3.8, 4) is 0 Å². The molecule has 0 radical (unpaired) electrons. The maximum absolute atomic E-state index is 12.2. The molecule has 1 amide bonds. The number of nitrogens with zero attached hydrogens (tertiary/aromatic N) is 1. The van der Waals surface area contributed by atoms with Crippen molar-refractivity contribution < 1.29 is 24.2 Å². The van der Waals surface area contributed by atoms with Gasteiger partial charge in [-0.2, -0.15) is 0 Å². The summed E-state index contributed by atoms with van der Waals surface area (Å²) in [5.74, 6) is -1.09. The number of amides is 1. The Morgan fingerprint density at radius 2 is 2.00 bits per heavy atom. The molecule has 1 aromatic rings. The summed E-state index contributed by atoms with van der Waals surface area (Å²) in [6.07, 6.45) is -1.43. The minimum atomic E-state index is -1.09. The summed E-state index contributed by atoms with van der Waals surface area (Å²) in [7, 11) is 0. The van der Waals surface area contributed by atoms with Crippen molar-refractivity contribution >= 4 is 12.1 Å². The fraction of sp³-hybridized carbons (Fsp3) is 0.467. The van der Waals surface area contributed by atoms with E-state index in [2.05, 4.69) is 0 Å². The predicted molar refractivity (Wildman–Crippen MR) is 74.8 cm³/mol. The molecule has 0 saturated carbocycles. The number of carbonyl (C=O) groups excluding carboxylic acids is 1. The first-order valence-electron chi connectivity index (χ1n) is 6.84. The monoisotopic (exact) mass is 293 g/mol. The molecule has 6 nitrogen and oxygen atoms in total. The minimum absolute atomic E-state index is 0.117. The number of carbonyl (C=O) groups is 2. The van der Waals surface area contributed by atoms with Gasteiger partial charge in [0.05, 0.1) is 18.8 Å². The van der Waals surface area contributed by atoms with E-state index in [-0.39, 0.29) is 19.3 Å². The van der Waals surface area contributed by atoms with Crippen LogP contribution in [0.15, 0.2) is 30.3 Å². The van der Waals surface area contributed by atoms with E-state index in [0.717, 1.165) is 5.56 Å². The number of aliphatic carboxylic acids is 1. The van der Waals surface area contributed by atoms with Gasteiger partial charge in [0.2, 0.25) is 0 Å². The number of benzene rings is 1. The van der Waals surface area contributed by atoms with Gasteiger partial charge in [-0.05, 0) is 19.4 Å². The number of carboxylic acid groups (broad SMARTS) is 1. The van der Waals surface area contributed by atoms with Crippen molar-refractivity contribution in [2.24, 2.45) is 0 Å². The lowest BCUT2D eigenvalue weighted by molar-refractivity contribution is -0.159. The topological polar surface area (TPSA) is 76.1 Å². The molecule has 1 fully saturated rings. The molecule has 1 aromatic carbocycles. The number of ether oxygens (including phenoxy) is 2. The molecule has 0 bridgehead atoms. The van der Waals surface area contributed by atoms with Crippen molar-refractivity contribution in [2.75, 3.05) is 6.54 Å². The zero-order chi connectivity index (χ0) is 15.4. The molecular weight excluding hydrogens is 274 g/mol. The third-order valence-corrected chi connectivity index (χ3v) is 3.37. The van der Waals surface area contributed by atoms with Gasteiger partial charge in [0, 0.05) is 0 Å². The average molecular weight is 293 g/mol. The van der Waals surface area contributed by atoms with Crippen LogP contribution in [-0.2, 0) is 20.9 Å². The summed E-state index contributed by atoms with van der Waals surface area (Å²) in [4.78, 5) is 24.7. The zero-order valence-corrected chi connectivity index (χ0v) is 12.1. The second-order valence-electron chi connectivity index (χ2n) is 5.13. The molecule has 114 valence electrons. The summed E-state index contributed by atoms with van der Waals surface area (Å²) >= 11 is 0. The summed E-state index contributed by atoms with van der Waals surface area (Å²) in [5, 5.41) is 9.27. The Morgan fingerprint density at radius 1 is 1.33 bits per heavy atom.